The van der Waals surface area contributed by atoms with Crippen molar-refractivity contribution in [1.82, 2.24) is 0 Å². The molecule has 116 valence electrons. The van der Waals surface area contributed by atoms with Crippen molar-refractivity contribution < 1.29 is 18.7 Å². The minimum absolute atomic E-state index is 0.313. The topological polar surface area (TPSA) is 35.5 Å². The lowest BCUT2D eigenvalue weighted by molar-refractivity contribution is -0.130. The Hall–Kier alpha value is -2.88. The van der Waals surface area contributed by atoms with E-state index < -0.39 is 5.97 Å². The number of benzene rings is 2. The van der Waals surface area contributed by atoms with Gasteiger partial charge in [-0.25, -0.2) is 9.18 Å². The summed E-state index contributed by atoms with van der Waals surface area (Å²) in [6.07, 6.45) is 3.35. The van der Waals surface area contributed by atoms with Gasteiger partial charge in [0.15, 0.2) is 0 Å². The molecule has 0 radical (unpaired) electrons. The van der Waals surface area contributed by atoms with Gasteiger partial charge in [-0.3, -0.25) is 0 Å². The second-order valence-electron chi connectivity index (χ2n) is 5.01. The van der Waals surface area contributed by atoms with Gasteiger partial charge in [-0.15, -0.1) is 0 Å². The Morgan fingerprint density at radius 2 is 1.78 bits per heavy atom. The molecule has 0 aliphatic carbocycles. The molecule has 1 aliphatic rings. The fourth-order valence-corrected chi connectivity index (χ4v) is 2.25. The van der Waals surface area contributed by atoms with Crippen LogP contribution in [0.2, 0.25) is 0 Å². The van der Waals surface area contributed by atoms with Crippen LogP contribution in [0.15, 0.2) is 60.2 Å². The first-order valence-corrected chi connectivity index (χ1v) is 7.30. The maximum absolute atomic E-state index is 12.9. The second-order valence-corrected chi connectivity index (χ2v) is 5.01. The molecular weight excluding hydrogens is 295 g/mol. The monoisotopic (exact) mass is 310 g/mol. The molecule has 0 atom stereocenters. The molecule has 0 saturated carbocycles. The van der Waals surface area contributed by atoms with Crippen molar-refractivity contribution in [2.45, 2.75) is 6.92 Å². The summed E-state index contributed by atoms with van der Waals surface area (Å²) in [5.74, 6) is 0.527. The van der Waals surface area contributed by atoms with Gasteiger partial charge in [0.2, 0.25) is 0 Å². The summed E-state index contributed by atoms with van der Waals surface area (Å²) in [6, 6.07) is 13.3. The van der Waals surface area contributed by atoms with E-state index in [1.165, 1.54) is 12.1 Å². The molecule has 3 nitrogen and oxygen atoms in total. The van der Waals surface area contributed by atoms with Crippen molar-refractivity contribution >= 4 is 17.8 Å². The van der Waals surface area contributed by atoms with Crippen LogP contribution in [0.25, 0.3) is 11.8 Å². The fraction of sp³-hybridized carbons (Fsp3) is 0.105. The Kier molecular flexibility index (Phi) is 4.24. The van der Waals surface area contributed by atoms with Gasteiger partial charge in [0.25, 0.3) is 0 Å². The first-order valence-electron chi connectivity index (χ1n) is 7.30. The lowest BCUT2D eigenvalue weighted by Gasteiger charge is -2.05. The number of carbonyl (C=O) groups is 1. The van der Waals surface area contributed by atoms with E-state index >= 15 is 0 Å². The van der Waals surface area contributed by atoms with Crippen molar-refractivity contribution in [2.75, 3.05) is 6.61 Å². The van der Waals surface area contributed by atoms with E-state index in [0.717, 1.165) is 16.9 Å². The second kappa shape index (κ2) is 6.48. The Morgan fingerprint density at radius 1 is 1.09 bits per heavy atom. The Bertz CT molecular complexity index is 771. The summed E-state index contributed by atoms with van der Waals surface area (Å²) >= 11 is 0. The van der Waals surface area contributed by atoms with Gasteiger partial charge in [-0.2, -0.15) is 0 Å². The van der Waals surface area contributed by atoms with Crippen molar-refractivity contribution in [3.8, 4) is 5.75 Å². The van der Waals surface area contributed by atoms with Gasteiger partial charge in [-0.05, 0) is 61.0 Å². The molecular formula is C19H15FO3. The molecule has 1 heterocycles. The number of halogens is 1. The summed E-state index contributed by atoms with van der Waals surface area (Å²) in [7, 11) is 0. The van der Waals surface area contributed by atoms with E-state index in [1.807, 2.05) is 31.2 Å². The standard InChI is InChI=1S/C19H15FO3/c1-2-22-17-9-5-14(6-10-17)18-12-15(19(21)23-18)11-13-3-7-16(20)8-4-13/h3-12H,2H2,1H3/b15-11-. The van der Waals surface area contributed by atoms with Crippen molar-refractivity contribution in [3.63, 3.8) is 0 Å². The number of hydrogen-bond donors (Lipinski definition) is 0. The highest BCUT2D eigenvalue weighted by atomic mass is 19.1. The molecule has 2 aromatic rings. The Morgan fingerprint density at radius 3 is 2.43 bits per heavy atom. The molecule has 0 unspecified atom stereocenters. The van der Waals surface area contributed by atoms with Crippen LogP contribution in [-0.2, 0) is 9.53 Å². The van der Waals surface area contributed by atoms with Gasteiger partial charge < -0.3 is 9.47 Å². The quantitative estimate of drug-likeness (QED) is 0.627. The molecule has 0 spiro atoms. The van der Waals surface area contributed by atoms with Crippen LogP contribution in [0.5, 0.6) is 5.75 Å². The zero-order valence-corrected chi connectivity index (χ0v) is 12.6. The van der Waals surface area contributed by atoms with Crippen LogP contribution in [0, 0.1) is 5.82 Å². The minimum atomic E-state index is -0.418. The average Bonchev–Trinajstić information content (AvgIpc) is 2.92. The summed E-state index contributed by atoms with van der Waals surface area (Å²) < 4.78 is 23.6. The summed E-state index contributed by atoms with van der Waals surface area (Å²) in [4.78, 5) is 12.0. The molecule has 4 heteroatoms. The number of carbonyl (C=O) groups excluding carboxylic acids is 1. The van der Waals surface area contributed by atoms with Crippen LogP contribution >= 0.6 is 0 Å². The smallest absolute Gasteiger partial charge is 0.343 e. The average molecular weight is 310 g/mol. The maximum Gasteiger partial charge on any atom is 0.343 e. The summed E-state index contributed by atoms with van der Waals surface area (Å²) in [5, 5.41) is 0. The lowest BCUT2D eigenvalue weighted by Crippen LogP contribution is -1.97. The van der Waals surface area contributed by atoms with Crippen LogP contribution in [-0.4, -0.2) is 12.6 Å². The van der Waals surface area contributed by atoms with Gasteiger partial charge >= 0.3 is 5.97 Å². The van der Waals surface area contributed by atoms with E-state index in [4.69, 9.17) is 9.47 Å². The maximum atomic E-state index is 12.9. The molecule has 0 aromatic heterocycles. The molecule has 3 rings (SSSR count). The highest BCUT2D eigenvalue weighted by molar-refractivity contribution is 6.05. The largest absolute Gasteiger partial charge is 0.494 e. The molecule has 0 fully saturated rings. The van der Waals surface area contributed by atoms with E-state index in [0.29, 0.717) is 17.9 Å². The first kappa shape index (κ1) is 15.0. The summed E-state index contributed by atoms with van der Waals surface area (Å²) in [6.45, 7) is 2.52. The minimum Gasteiger partial charge on any atom is -0.494 e. The van der Waals surface area contributed by atoms with Crippen LogP contribution in [0.4, 0.5) is 4.39 Å². The van der Waals surface area contributed by atoms with E-state index in [1.54, 1.807) is 24.3 Å². The number of rotatable bonds is 4. The Labute approximate surface area is 133 Å². The third-order valence-electron chi connectivity index (χ3n) is 3.37. The molecule has 2 aromatic carbocycles. The van der Waals surface area contributed by atoms with Crippen LogP contribution < -0.4 is 4.74 Å². The number of cyclic esters (lactones) is 1. The highest BCUT2D eigenvalue weighted by Gasteiger charge is 2.21. The predicted octanol–water partition coefficient (Wildman–Crippen LogP) is 4.21. The number of ether oxygens (including phenoxy) is 2. The van der Waals surface area contributed by atoms with E-state index in [2.05, 4.69) is 0 Å². The molecule has 23 heavy (non-hydrogen) atoms. The summed E-state index contributed by atoms with van der Waals surface area (Å²) in [5.41, 5.74) is 1.97. The molecule has 0 saturated heterocycles. The van der Waals surface area contributed by atoms with Crippen LogP contribution in [0.1, 0.15) is 18.1 Å². The first-order chi connectivity index (χ1) is 11.2. The molecule has 1 aliphatic heterocycles. The zero-order chi connectivity index (χ0) is 16.2. The van der Waals surface area contributed by atoms with Gasteiger partial charge in [0.05, 0.1) is 12.2 Å². The van der Waals surface area contributed by atoms with Crippen LogP contribution in [0.3, 0.4) is 0 Å². The van der Waals surface area contributed by atoms with Crippen molar-refractivity contribution in [1.29, 1.82) is 0 Å². The van der Waals surface area contributed by atoms with Gasteiger partial charge in [-0.1, -0.05) is 12.1 Å². The van der Waals surface area contributed by atoms with Gasteiger partial charge in [0, 0.05) is 5.56 Å². The number of esters is 1. The van der Waals surface area contributed by atoms with E-state index in [-0.39, 0.29) is 5.82 Å². The predicted molar refractivity (Wildman–Crippen MR) is 86.1 cm³/mol. The fourth-order valence-electron chi connectivity index (χ4n) is 2.25. The SMILES string of the molecule is CCOc1ccc(C2=C/C(=C/c3ccc(F)cc3)C(=O)O2)cc1. The third-order valence-corrected chi connectivity index (χ3v) is 3.37. The third kappa shape index (κ3) is 3.48. The molecule has 0 N–H and O–H groups in total. The van der Waals surface area contributed by atoms with Crippen molar-refractivity contribution in [3.05, 3.63) is 77.1 Å². The Balaban J connectivity index is 1.84. The molecule has 0 bridgehead atoms. The van der Waals surface area contributed by atoms with E-state index in [9.17, 15) is 9.18 Å². The van der Waals surface area contributed by atoms with Gasteiger partial charge in [0.1, 0.15) is 17.3 Å². The van der Waals surface area contributed by atoms with Crippen molar-refractivity contribution in [2.24, 2.45) is 0 Å². The highest BCUT2D eigenvalue weighted by Crippen LogP contribution is 2.28. The normalized spacial score (nSPS) is 15.5. The lowest BCUT2D eigenvalue weighted by atomic mass is 10.1. The molecule has 0 amide bonds. The number of hydrogen-bond acceptors (Lipinski definition) is 3. The zero-order valence-electron chi connectivity index (χ0n) is 12.6.